The summed E-state index contributed by atoms with van der Waals surface area (Å²) in [5, 5.41) is 11.3. The van der Waals surface area contributed by atoms with Crippen molar-refractivity contribution in [2.75, 3.05) is 13.6 Å². The van der Waals surface area contributed by atoms with Gasteiger partial charge in [-0.2, -0.15) is 10.2 Å². The number of carbonyl (C=O) groups excluding carboxylic acids is 1. The lowest BCUT2D eigenvalue weighted by Crippen LogP contribution is -2.39. The van der Waals surface area contributed by atoms with Gasteiger partial charge in [0.1, 0.15) is 0 Å². The Morgan fingerprint density at radius 2 is 2.33 bits per heavy atom. The first-order valence-corrected chi connectivity index (χ1v) is 7.08. The van der Waals surface area contributed by atoms with Crippen LogP contribution in [0.3, 0.4) is 0 Å². The second-order valence-electron chi connectivity index (χ2n) is 5.49. The summed E-state index contributed by atoms with van der Waals surface area (Å²) in [4.78, 5) is 14.0. The molecule has 7 nitrogen and oxygen atoms in total. The Morgan fingerprint density at radius 1 is 1.48 bits per heavy atom. The number of aryl methyl sites for hydroxylation is 1. The molecular weight excluding hydrogens is 268 g/mol. The Bertz CT molecular complexity index is 631. The summed E-state index contributed by atoms with van der Waals surface area (Å²) < 4.78 is 3.79. The topological polar surface area (TPSA) is 68.0 Å². The molecule has 112 valence electrons. The van der Waals surface area contributed by atoms with Crippen molar-refractivity contribution in [2.45, 2.75) is 25.6 Å². The van der Waals surface area contributed by atoms with E-state index in [9.17, 15) is 4.79 Å². The zero-order valence-electron chi connectivity index (χ0n) is 12.4. The number of hydrogen-bond acceptors (Lipinski definition) is 4. The van der Waals surface area contributed by atoms with E-state index < -0.39 is 0 Å². The minimum absolute atomic E-state index is 0.0460. The Labute approximate surface area is 123 Å². The molecule has 0 radical (unpaired) electrons. The van der Waals surface area contributed by atoms with E-state index in [0.717, 1.165) is 25.3 Å². The highest BCUT2D eigenvalue weighted by molar-refractivity contribution is 5.76. The van der Waals surface area contributed by atoms with Crippen LogP contribution in [0.4, 0.5) is 0 Å². The lowest BCUT2D eigenvalue weighted by molar-refractivity contribution is -0.121. The van der Waals surface area contributed by atoms with Crippen molar-refractivity contribution in [3.05, 3.63) is 35.9 Å². The maximum absolute atomic E-state index is 11.7. The molecule has 3 heterocycles. The van der Waals surface area contributed by atoms with Crippen molar-refractivity contribution in [1.29, 1.82) is 0 Å². The van der Waals surface area contributed by atoms with Crippen LogP contribution in [0.1, 0.15) is 23.7 Å². The highest BCUT2D eigenvalue weighted by atomic mass is 16.1. The van der Waals surface area contributed by atoms with Gasteiger partial charge in [0.05, 0.1) is 24.4 Å². The minimum atomic E-state index is 0.0460. The summed E-state index contributed by atoms with van der Waals surface area (Å²) in [5.74, 6) is 0.0460. The number of nitrogens with zero attached hydrogens (tertiary/aromatic N) is 5. The third kappa shape index (κ3) is 2.97. The van der Waals surface area contributed by atoms with Gasteiger partial charge in [0, 0.05) is 51.7 Å². The Morgan fingerprint density at radius 3 is 3.05 bits per heavy atom. The molecule has 1 N–H and O–H groups in total. The van der Waals surface area contributed by atoms with Crippen LogP contribution < -0.4 is 5.32 Å². The molecule has 2 aromatic rings. The molecule has 21 heavy (non-hydrogen) atoms. The molecule has 3 rings (SSSR count). The van der Waals surface area contributed by atoms with Crippen molar-refractivity contribution in [1.82, 2.24) is 29.8 Å². The predicted octanol–water partition coefficient (Wildman–Crippen LogP) is 0.310. The van der Waals surface area contributed by atoms with Crippen molar-refractivity contribution in [2.24, 2.45) is 7.05 Å². The molecule has 1 atom stereocenters. The van der Waals surface area contributed by atoms with Crippen LogP contribution in [0.15, 0.2) is 24.7 Å². The molecule has 2 aromatic heterocycles. The molecule has 1 aliphatic rings. The number of nitrogens with one attached hydrogen (secondary N) is 1. The van der Waals surface area contributed by atoms with Gasteiger partial charge in [-0.25, -0.2) is 0 Å². The van der Waals surface area contributed by atoms with Crippen LogP contribution in [0.25, 0.3) is 0 Å². The van der Waals surface area contributed by atoms with E-state index in [0.29, 0.717) is 6.42 Å². The molecule has 0 aromatic carbocycles. The van der Waals surface area contributed by atoms with E-state index in [-0.39, 0.29) is 11.9 Å². The normalized spacial score (nSPS) is 18.5. The van der Waals surface area contributed by atoms with Gasteiger partial charge < -0.3 is 5.32 Å². The fraction of sp³-hybridized carbons (Fsp3) is 0.500. The number of rotatable bonds is 4. The number of carbonyl (C=O) groups is 1. The van der Waals surface area contributed by atoms with E-state index in [1.807, 2.05) is 34.9 Å². The van der Waals surface area contributed by atoms with E-state index in [1.54, 1.807) is 13.2 Å². The molecular formula is C14H20N6O. The highest BCUT2D eigenvalue weighted by Crippen LogP contribution is 2.24. The van der Waals surface area contributed by atoms with Gasteiger partial charge in [-0.15, -0.1) is 0 Å². The van der Waals surface area contributed by atoms with Crippen molar-refractivity contribution in [3.8, 4) is 0 Å². The first kappa shape index (κ1) is 13.8. The molecule has 1 aliphatic heterocycles. The lowest BCUT2D eigenvalue weighted by atomic mass is 10.1. The Hall–Kier alpha value is -2.15. The van der Waals surface area contributed by atoms with Crippen LogP contribution in [-0.2, 0) is 24.9 Å². The Balaban J connectivity index is 1.75. The third-order valence-electron chi connectivity index (χ3n) is 3.82. The predicted molar refractivity (Wildman–Crippen MR) is 77.3 cm³/mol. The van der Waals surface area contributed by atoms with Gasteiger partial charge in [-0.3, -0.25) is 19.1 Å². The van der Waals surface area contributed by atoms with Gasteiger partial charge in [0.2, 0.25) is 5.91 Å². The smallest absolute Gasteiger partial charge is 0.221 e. The first-order valence-electron chi connectivity index (χ1n) is 7.08. The van der Waals surface area contributed by atoms with E-state index >= 15 is 0 Å². The number of hydrogen-bond donors (Lipinski definition) is 1. The minimum Gasteiger partial charge on any atom is -0.359 e. The SMILES string of the molecule is CNC(=O)C[C@@H]1CN(Cc2cnn(C)c2)Cc2ccnn21. The molecule has 0 saturated carbocycles. The van der Waals surface area contributed by atoms with E-state index in [1.165, 1.54) is 5.56 Å². The number of fused-ring (bicyclic) bond motifs is 1. The van der Waals surface area contributed by atoms with Gasteiger partial charge >= 0.3 is 0 Å². The zero-order chi connectivity index (χ0) is 14.8. The average molecular weight is 288 g/mol. The molecule has 1 amide bonds. The molecule has 7 heteroatoms. The summed E-state index contributed by atoms with van der Waals surface area (Å²) in [6.07, 6.45) is 6.17. The lowest BCUT2D eigenvalue weighted by Gasteiger charge is -2.33. The van der Waals surface area contributed by atoms with Crippen LogP contribution >= 0.6 is 0 Å². The van der Waals surface area contributed by atoms with Crippen LogP contribution in [0, 0.1) is 0 Å². The zero-order valence-corrected chi connectivity index (χ0v) is 12.4. The van der Waals surface area contributed by atoms with Gasteiger partial charge in [0.25, 0.3) is 0 Å². The molecule has 0 unspecified atom stereocenters. The number of amides is 1. The van der Waals surface area contributed by atoms with Gasteiger partial charge in [0.15, 0.2) is 0 Å². The molecule has 0 bridgehead atoms. The van der Waals surface area contributed by atoms with Gasteiger partial charge in [-0.1, -0.05) is 0 Å². The maximum atomic E-state index is 11.7. The number of aromatic nitrogens is 4. The van der Waals surface area contributed by atoms with Crippen LogP contribution in [-0.4, -0.2) is 44.0 Å². The highest BCUT2D eigenvalue weighted by Gasteiger charge is 2.27. The van der Waals surface area contributed by atoms with Crippen molar-refractivity contribution < 1.29 is 4.79 Å². The van der Waals surface area contributed by atoms with Crippen LogP contribution in [0.5, 0.6) is 0 Å². The van der Waals surface area contributed by atoms with E-state index in [4.69, 9.17) is 0 Å². The Kier molecular flexibility index (Phi) is 3.74. The summed E-state index contributed by atoms with van der Waals surface area (Å²) in [5.41, 5.74) is 2.34. The standard InChI is InChI=1S/C14H20N6O/c1-15-14(21)5-13-10-19(8-11-6-17-18(2)7-11)9-12-3-4-16-20(12)13/h3-4,6-7,13H,5,8-10H2,1-2H3,(H,15,21)/t13-/m1/s1. The molecule has 0 aliphatic carbocycles. The molecule has 0 spiro atoms. The monoisotopic (exact) mass is 288 g/mol. The summed E-state index contributed by atoms with van der Waals surface area (Å²) in [7, 11) is 3.59. The van der Waals surface area contributed by atoms with E-state index in [2.05, 4.69) is 20.4 Å². The fourth-order valence-corrected chi connectivity index (χ4v) is 2.86. The maximum Gasteiger partial charge on any atom is 0.221 e. The first-order chi connectivity index (χ1) is 10.2. The van der Waals surface area contributed by atoms with Crippen molar-refractivity contribution in [3.63, 3.8) is 0 Å². The second-order valence-corrected chi connectivity index (χ2v) is 5.49. The van der Waals surface area contributed by atoms with Crippen molar-refractivity contribution >= 4 is 5.91 Å². The van der Waals surface area contributed by atoms with Gasteiger partial charge in [-0.05, 0) is 6.07 Å². The third-order valence-corrected chi connectivity index (χ3v) is 3.82. The fourth-order valence-electron chi connectivity index (χ4n) is 2.86. The second kappa shape index (κ2) is 5.69. The average Bonchev–Trinajstić information content (AvgIpc) is 3.07. The summed E-state index contributed by atoms with van der Waals surface area (Å²) in [6.45, 7) is 2.50. The molecule has 0 saturated heterocycles. The largest absolute Gasteiger partial charge is 0.359 e. The quantitative estimate of drug-likeness (QED) is 0.879. The summed E-state index contributed by atoms with van der Waals surface area (Å²) in [6, 6.07) is 2.10. The molecule has 0 fully saturated rings. The van der Waals surface area contributed by atoms with Crippen LogP contribution in [0.2, 0.25) is 0 Å². The summed E-state index contributed by atoms with van der Waals surface area (Å²) >= 11 is 0.